The van der Waals surface area contributed by atoms with Crippen molar-refractivity contribution >= 4 is 23.2 Å². The second-order valence-electron chi connectivity index (χ2n) is 4.88. The summed E-state index contributed by atoms with van der Waals surface area (Å²) in [5.41, 5.74) is 2.54. The number of anilines is 1. The summed E-state index contributed by atoms with van der Waals surface area (Å²) in [6.45, 7) is 3.83. The maximum absolute atomic E-state index is 12.2. The van der Waals surface area contributed by atoms with E-state index in [1.165, 1.54) is 12.1 Å². The van der Waals surface area contributed by atoms with E-state index in [4.69, 9.17) is 11.6 Å². The molecule has 21 heavy (non-hydrogen) atoms. The van der Waals surface area contributed by atoms with Crippen molar-refractivity contribution < 1.29 is 9.90 Å². The average molecular weight is 305 g/mol. The number of hydrogen-bond donors (Lipinski definition) is 2. The molecule has 1 aromatic heterocycles. The Kier molecular flexibility index (Phi) is 4.81. The normalized spacial score (nSPS) is 10.4. The first-order valence-electron chi connectivity index (χ1n) is 6.77. The molecule has 0 unspecified atom stereocenters. The van der Waals surface area contributed by atoms with E-state index >= 15 is 0 Å². The van der Waals surface area contributed by atoms with Crippen molar-refractivity contribution in [2.45, 2.75) is 26.7 Å². The zero-order chi connectivity index (χ0) is 15.4. The van der Waals surface area contributed by atoms with Crippen LogP contribution in [0.4, 0.5) is 5.69 Å². The van der Waals surface area contributed by atoms with Crippen LogP contribution in [0.1, 0.15) is 35.0 Å². The summed E-state index contributed by atoms with van der Waals surface area (Å²) in [6.07, 6.45) is 1.70. The van der Waals surface area contributed by atoms with Crippen molar-refractivity contribution in [2.75, 3.05) is 5.32 Å². The number of aromatic nitrogens is 1. The van der Waals surface area contributed by atoms with E-state index in [9.17, 15) is 9.90 Å². The van der Waals surface area contributed by atoms with Gasteiger partial charge in [-0.1, -0.05) is 31.0 Å². The molecule has 1 aromatic carbocycles. The lowest BCUT2D eigenvalue weighted by Gasteiger charge is -2.08. The Morgan fingerprint density at radius 1 is 1.33 bits per heavy atom. The van der Waals surface area contributed by atoms with Crippen LogP contribution in [0.2, 0.25) is 5.15 Å². The quantitative estimate of drug-likeness (QED) is 0.841. The van der Waals surface area contributed by atoms with E-state index in [1.807, 2.05) is 6.92 Å². The molecule has 0 spiro atoms. The summed E-state index contributed by atoms with van der Waals surface area (Å²) in [5, 5.41) is 12.7. The van der Waals surface area contributed by atoms with Crippen LogP contribution in [0.25, 0.3) is 0 Å². The molecule has 2 rings (SSSR count). The number of aromatic hydroxyl groups is 1. The van der Waals surface area contributed by atoms with E-state index in [-0.39, 0.29) is 11.7 Å². The summed E-state index contributed by atoms with van der Waals surface area (Å²) < 4.78 is 0. The fourth-order valence-corrected chi connectivity index (χ4v) is 2.18. The van der Waals surface area contributed by atoms with Crippen LogP contribution in [0.3, 0.4) is 0 Å². The highest BCUT2D eigenvalue weighted by atomic mass is 35.5. The highest BCUT2D eigenvalue weighted by molar-refractivity contribution is 6.29. The van der Waals surface area contributed by atoms with E-state index < -0.39 is 0 Å². The van der Waals surface area contributed by atoms with Crippen LogP contribution >= 0.6 is 11.6 Å². The summed E-state index contributed by atoms with van der Waals surface area (Å²) in [4.78, 5) is 16.4. The Bertz CT molecular complexity index is 671. The van der Waals surface area contributed by atoms with Crippen molar-refractivity contribution in [3.8, 4) is 5.75 Å². The summed E-state index contributed by atoms with van der Waals surface area (Å²) >= 11 is 5.95. The van der Waals surface area contributed by atoms with Gasteiger partial charge < -0.3 is 10.4 Å². The number of halogens is 1. The molecule has 1 heterocycles. The highest BCUT2D eigenvalue weighted by Gasteiger charge is 2.10. The molecule has 0 aliphatic heterocycles. The number of phenols is 1. The van der Waals surface area contributed by atoms with Gasteiger partial charge in [0, 0.05) is 23.0 Å². The number of pyridine rings is 1. The molecule has 5 heteroatoms. The third kappa shape index (κ3) is 3.95. The minimum Gasteiger partial charge on any atom is -0.508 e. The van der Waals surface area contributed by atoms with Crippen molar-refractivity contribution in [1.29, 1.82) is 0 Å². The zero-order valence-corrected chi connectivity index (χ0v) is 12.7. The molecule has 1 amide bonds. The number of carbonyl (C=O) groups is 1. The molecule has 0 fully saturated rings. The molecule has 0 radical (unpaired) electrons. The Balaban J connectivity index is 2.21. The van der Waals surface area contributed by atoms with Gasteiger partial charge in [0.1, 0.15) is 10.9 Å². The molecule has 0 atom stereocenters. The molecule has 2 aromatic rings. The number of rotatable bonds is 4. The first kappa shape index (κ1) is 15.3. The number of amides is 1. The molecule has 0 aliphatic rings. The van der Waals surface area contributed by atoms with Gasteiger partial charge in [-0.3, -0.25) is 4.79 Å². The van der Waals surface area contributed by atoms with Gasteiger partial charge >= 0.3 is 0 Å². The number of benzene rings is 1. The predicted octanol–water partition coefficient (Wildman–Crippen LogP) is 3.95. The highest BCUT2D eigenvalue weighted by Crippen LogP contribution is 2.21. The van der Waals surface area contributed by atoms with Gasteiger partial charge in [-0.2, -0.15) is 0 Å². The first-order valence-corrected chi connectivity index (χ1v) is 7.15. The van der Waals surface area contributed by atoms with Crippen molar-refractivity contribution in [1.82, 2.24) is 4.98 Å². The standard InChI is InChI=1S/C16H17ClN2O2/c1-3-4-12-7-11(8-15(17)18-12)16(21)19-13-6-5-10(2)14(20)9-13/h5-9,20H,3-4H2,1-2H3,(H,19,21). The fourth-order valence-electron chi connectivity index (χ4n) is 1.96. The largest absolute Gasteiger partial charge is 0.508 e. The molecular formula is C16H17ClN2O2. The maximum atomic E-state index is 12.2. The molecule has 4 nitrogen and oxygen atoms in total. The number of phenolic OH excluding ortho intramolecular Hbond substituents is 1. The molecule has 110 valence electrons. The topological polar surface area (TPSA) is 62.2 Å². The van der Waals surface area contributed by atoms with Gasteiger partial charge in [0.2, 0.25) is 0 Å². The number of carbonyl (C=O) groups excluding carboxylic acids is 1. The second kappa shape index (κ2) is 6.59. The van der Waals surface area contributed by atoms with Gasteiger partial charge in [0.05, 0.1) is 0 Å². The molecule has 0 bridgehead atoms. The second-order valence-corrected chi connectivity index (χ2v) is 5.26. The van der Waals surface area contributed by atoms with Gasteiger partial charge in [-0.05, 0) is 37.1 Å². The monoisotopic (exact) mass is 304 g/mol. The van der Waals surface area contributed by atoms with Crippen molar-refractivity contribution in [3.63, 3.8) is 0 Å². The first-order chi connectivity index (χ1) is 9.99. The average Bonchev–Trinajstić information content (AvgIpc) is 2.42. The zero-order valence-electron chi connectivity index (χ0n) is 12.0. The minimum atomic E-state index is -0.278. The minimum absolute atomic E-state index is 0.146. The van der Waals surface area contributed by atoms with Crippen molar-refractivity contribution in [3.05, 3.63) is 52.3 Å². The number of nitrogens with one attached hydrogen (secondary N) is 1. The lowest BCUT2D eigenvalue weighted by molar-refractivity contribution is 0.102. The van der Waals surface area contributed by atoms with E-state index in [0.717, 1.165) is 24.1 Å². The van der Waals surface area contributed by atoms with Gasteiger partial charge in [0.25, 0.3) is 5.91 Å². The van der Waals surface area contributed by atoms with E-state index in [0.29, 0.717) is 16.4 Å². The number of aryl methyl sites for hydroxylation is 2. The van der Waals surface area contributed by atoms with Gasteiger partial charge in [-0.25, -0.2) is 4.98 Å². The van der Waals surface area contributed by atoms with Crippen LogP contribution < -0.4 is 5.32 Å². The Morgan fingerprint density at radius 2 is 2.10 bits per heavy atom. The third-order valence-corrected chi connectivity index (χ3v) is 3.28. The van der Waals surface area contributed by atoms with E-state index in [2.05, 4.69) is 10.3 Å². The number of nitrogens with zero attached hydrogens (tertiary/aromatic N) is 1. The molecule has 2 N–H and O–H groups in total. The van der Waals surface area contributed by atoms with E-state index in [1.54, 1.807) is 25.1 Å². The number of hydrogen-bond acceptors (Lipinski definition) is 3. The summed E-state index contributed by atoms with van der Waals surface area (Å²) in [5.74, 6) is -0.132. The third-order valence-electron chi connectivity index (χ3n) is 3.08. The van der Waals surface area contributed by atoms with Crippen LogP contribution in [-0.4, -0.2) is 16.0 Å². The SMILES string of the molecule is CCCc1cc(C(=O)Nc2ccc(C)c(O)c2)cc(Cl)n1. The Labute approximate surface area is 128 Å². The van der Waals surface area contributed by atoms with Crippen LogP contribution in [-0.2, 0) is 6.42 Å². The van der Waals surface area contributed by atoms with Crippen LogP contribution in [0.5, 0.6) is 5.75 Å². The molecule has 0 saturated heterocycles. The lowest BCUT2D eigenvalue weighted by atomic mass is 10.1. The Morgan fingerprint density at radius 3 is 2.76 bits per heavy atom. The molecule has 0 aliphatic carbocycles. The molecular weight excluding hydrogens is 288 g/mol. The molecule has 0 saturated carbocycles. The maximum Gasteiger partial charge on any atom is 0.255 e. The van der Waals surface area contributed by atoms with Crippen molar-refractivity contribution in [2.24, 2.45) is 0 Å². The van der Waals surface area contributed by atoms with Crippen LogP contribution in [0.15, 0.2) is 30.3 Å². The smallest absolute Gasteiger partial charge is 0.255 e. The van der Waals surface area contributed by atoms with Crippen LogP contribution in [0, 0.1) is 6.92 Å². The van der Waals surface area contributed by atoms with Gasteiger partial charge in [-0.15, -0.1) is 0 Å². The van der Waals surface area contributed by atoms with Gasteiger partial charge in [0.15, 0.2) is 0 Å². The summed E-state index contributed by atoms with van der Waals surface area (Å²) in [6, 6.07) is 8.27. The lowest BCUT2D eigenvalue weighted by Crippen LogP contribution is -2.12. The fraction of sp³-hybridized carbons (Fsp3) is 0.250. The predicted molar refractivity (Wildman–Crippen MR) is 84.0 cm³/mol. The Hall–Kier alpha value is -2.07. The summed E-state index contributed by atoms with van der Waals surface area (Å²) in [7, 11) is 0.